The molecule has 3 saturated heterocycles. The molecule has 15 heteroatoms. The summed E-state index contributed by atoms with van der Waals surface area (Å²) in [6.07, 6.45) is 0.527. The Hall–Kier alpha value is -3.95. The lowest BCUT2D eigenvalue weighted by molar-refractivity contribution is -0.121. The lowest BCUT2D eigenvalue weighted by Crippen LogP contribution is -2.49. The minimum Gasteiger partial charge on any atom is -0.338 e. The second-order valence-electron chi connectivity index (χ2n) is 14.3. The number of carbonyl (C=O) groups excluding carboxylic acids is 1. The van der Waals surface area contributed by atoms with E-state index < -0.39 is 62.0 Å². The number of amides is 1. The summed E-state index contributed by atoms with van der Waals surface area (Å²) in [5.74, 6) is -3.62. The van der Waals surface area contributed by atoms with Gasteiger partial charge in [-0.1, -0.05) is 24.3 Å². The number of aromatic nitrogens is 2. The van der Waals surface area contributed by atoms with E-state index in [1.165, 1.54) is 21.8 Å². The van der Waals surface area contributed by atoms with Crippen LogP contribution in [0.3, 0.4) is 0 Å². The van der Waals surface area contributed by atoms with Crippen molar-refractivity contribution in [1.29, 1.82) is 0 Å². The number of alkyl halides is 3. The highest BCUT2D eigenvalue weighted by atomic mass is 32.2. The number of hydrogen-bond donors (Lipinski definition) is 1. The molecule has 2 bridgehead atoms. The molecule has 1 amide bonds. The molecule has 3 aliphatic heterocycles. The molecule has 4 heterocycles. The number of sulfonamides is 1. The van der Waals surface area contributed by atoms with Gasteiger partial charge in [0.2, 0.25) is 10.0 Å². The minimum atomic E-state index is -5.06. The number of likely N-dealkylation sites (tertiary alicyclic amines) is 1. The summed E-state index contributed by atoms with van der Waals surface area (Å²) in [4.78, 5) is 20.8. The molecule has 1 aromatic heterocycles. The molecule has 3 fully saturated rings. The van der Waals surface area contributed by atoms with Crippen LogP contribution in [0.15, 0.2) is 65.6 Å². The van der Waals surface area contributed by atoms with Crippen LogP contribution in [0.5, 0.6) is 0 Å². The summed E-state index contributed by atoms with van der Waals surface area (Å²) in [5.41, 5.74) is 1.17. The van der Waals surface area contributed by atoms with E-state index >= 15 is 4.39 Å². The molecule has 1 N–H and O–H groups in total. The highest BCUT2D eigenvalue weighted by molar-refractivity contribution is 7.89. The van der Waals surface area contributed by atoms with Gasteiger partial charge in [-0.2, -0.15) is 13.2 Å². The first-order valence-electron chi connectivity index (χ1n) is 17.4. The summed E-state index contributed by atoms with van der Waals surface area (Å²) in [6.45, 7) is 0.902. The van der Waals surface area contributed by atoms with Gasteiger partial charge in [0.1, 0.15) is 34.5 Å². The van der Waals surface area contributed by atoms with Gasteiger partial charge >= 0.3 is 6.18 Å². The highest BCUT2D eigenvalue weighted by Crippen LogP contribution is 2.45. The maximum Gasteiger partial charge on any atom is 0.402 e. The van der Waals surface area contributed by atoms with Crippen LogP contribution in [0.4, 0.5) is 26.3 Å². The Labute approximate surface area is 297 Å². The van der Waals surface area contributed by atoms with Crippen LogP contribution in [0.1, 0.15) is 72.7 Å². The van der Waals surface area contributed by atoms with Crippen LogP contribution in [0, 0.1) is 24.4 Å². The first-order chi connectivity index (χ1) is 24.7. The van der Waals surface area contributed by atoms with E-state index in [4.69, 9.17) is 4.98 Å². The normalized spacial score (nSPS) is 22.3. The Morgan fingerprint density at radius 1 is 0.942 bits per heavy atom. The second-order valence-corrected chi connectivity index (χ2v) is 16.0. The van der Waals surface area contributed by atoms with Gasteiger partial charge in [-0.05, 0) is 106 Å². The second kappa shape index (κ2) is 13.8. The maximum absolute atomic E-state index is 15.5. The molecule has 52 heavy (non-hydrogen) atoms. The SMILES string of the molecule is Cc1nc2ccccc2n1C1CC2CCC(C1)N2CCC1(c2cccc(F)c2)CCN(C(=O)c2c(F)ccc(S(=O)(=O)NCC(F)(F)F)c2F)CC1. The van der Waals surface area contributed by atoms with Crippen molar-refractivity contribution >= 4 is 27.0 Å². The van der Waals surface area contributed by atoms with Gasteiger partial charge < -0.3 is 9.47 Å². The molecule has 0 saturated carbocycles. The fraction of sp³-hybridized carbons (Fsp3) is 0.459. The van der Waals surface area contributed by atoms with Crippen molar-refractivity contribution in [1.82, 2.24) is 24.1 Å². The molecule has 7 rings (SSSR count). The number of rotatable bonds is 9. The van der Waals surface area contributed by atoms with Crippen molar-refractivity contribution < 1.29 is 39.6 Å². The monoisotopic (exact) mass is 747 g/mol. The fourth-order valence-electron chi connectivity index (χ4n) is 8.78. The van der Waals surface area contributed by atoms with E-state index in [0.717, 1.165) is 54.6 Å². The topological polar surface area (TPSA) is 87.5 Å². The Bertz CT molecular complexity index is 2080. The number of benzene rings is 3. The molecule has 278 valence electrons. The van der Waals surface area contributed by atoms with Crippen molar-refractivity contribution in [3.8, 4) is 0 Å². The first-order valence-corrected chi connectivity index (χ1v) is 18.9. The highest BCUT2D eigenvalue weighted by Gasteiger charge is 2.45. The number of hydrogen-bond acceptors (Lipinski definition) is 5. The van der Waals surface area contributed by atoms with E-state index in [9.17, 15) is 35.2 Å². The van der Waals surface area contributed by atoms with Crippen LogP contribution in [-0.2, 0) is 15.4 Å². The Kier molecular flexibility index (Phi) is 9.66. The average molecular weight is 748 g/mol. The third-order valence-electron chi connectivity index (χ3n) is 11.3. The van der Waals surface area contributed by atoms with Crippen molar-refractivity contribution in [3.63, 3.8) is 0 Å². The van der Waals surface area contributed by atoms with E-state index in [0.29, 0.717) is 49.5 Å². The molecule has 0 aliphatic carbocycles. The molecular formula is C37H39F6N5O3S. The van der Waals surface area contributed by atoms with Gasteiger partial charge in [-0.15, -0.1) is 0 Å². The number of nitrogens with one attached hydrogen (secondary N) is 1. The number of halogens is 6. The number of carbonyl (C=O) groups is 1. The lowest BCUT2D eigenvalue weighted by Gasteiger charge is -2.45. The number of piperidine rings is 2. The van der Waals surface area contributed by atoms with E-state index in [1.54, 1.807) is 6.07 Å². The molecule has 0 radical (unpaired) electrons. The van der Waals surface area contributed by atoms with Crippen molar-refractivity contribution in [2.45, 2.75) is 86.5 Å². The maximum atomic E-state index is 15.5. The minimum absolute atomic E-state index is 0.0411. The summed E-state index contributed by atoms with van der Waals surface area (Å²) >= 11 is 0. The number of fused-ring (bicyclic) bond motifs is 3. The van der Waals surface area contributed by atoms with Crippen LogP contribution in [0.2, 0.25) is 0 Å². The van der Waals surface area contributed by atoms with E-state index in [1.807, 2.05) is 31.2 Å². The van der Waals surface area contributed by atoms with Gasteiger partial charge in [0.25, 0.3) is 5.91 Å². The predicted molar refractivity (Wildman–Crippen MR) is 182 cm³/mol. The zero-order chi connectivity index (χ0) is 37.0. The Balaban J connectivity index is 1.08. The number of aryl methyl sites for hydroxylation is 1. The summed E-state index contributed by atoms with van der Waals surface area (Å²) < 4.78 is 112. The third kappa shape index (κ3) is 6.94. The van der Waals surface area contributed by atoms with Gasteiger partial charge in [0.05, 0.1) is 11.0 Å². The largest absolute Gasteiger partial charge is 0.402 e. The average Bonchev–Trinajstić information content (AvgIpc) is 3.56. The van der Waals surface area contributed by atoms with Gasteiger partial charge in [-0.25, -0.2) is 31.3 Å². The lowest BCUT2D eigenvalue weighted by atomic mass is 9.70. The number of nitrogens with zero attached hydrogens (tertiary/aromatic N) is 4. The fourth-order valence-corrected chi connectivity index (χ4v) is 9.87. The van der Waals surface area contributed by atoms with E-state index in [2.05, 4.69) is 15.5 Å². The summed E-state index contributed by atoms with van der Waals surface area (Å²) in [5, 5.41) is 0. The van der Waals surface area contributed by atoms with Crippen LogP contribution in [-0.4, -0.2) is 78.1 Å². The zero-order valence-electron chi connectivity index (χ0n) is 28.5. The predicted octanol–water partition coefficient (Wildman–Crippen LogP) is 7.03. The molecule has 0 spiro atoms. The molecular weight excluding hydrogens is 708 g/mol. The molecule has 3 aliphatic rings. The molecule has 3 aromatic carbocycles. The Morgan fingerprint density at radius 2 is 1.63 bits per heavy atom. The standard InChI is InChI=1S/C37H39F6N5O3S/c1-23-45-30-7-2-3-8-31(30)48(23)28-20-26-9-10-27(21-28)47(26)18-15-36(24-5-4-6-25(38)19-24)13-16-46(17-14-36)35(49)33-29(39)11-12-32(34(33)40)52(50,51)44-22-37(41,42)43/h2-8,11-12,19,26-28,44H,9-10,13-18,20-22H2,1H3. The summed E-state index contributed by atoms with van der Waals surface area (Å²) in [6, 6.07) is 16.6. The van der Waals surface area contributed by atoms with Crippen LogP contribution >= 0.6 is 0 Å². The first kappa shape index (κ1) is 36.4. The quantitative estimate of drug-likeness (QED) is 0.186. The van der Waals surface area contributed by atoms with Crippen molar-refractivity contribution in [2.24, 2.45) is 0 Å². The number of imidazole rings is 1. The van der Waals surface area contributed by atoms with Crippen LogP contribution < -0.4 is 4.72 Å². The third-order valence-corrected chi connectivity index (χ3v) is 12.7. The van der Waals surface area contributed by atoms with Gasteiger partial charge in [-0.3, -0.25) is 9.69 Å². The summed E-state index contributed by atoms with van der Waals surface area (Å²) in [7, 11) is -5.06. The zero-order valence-corrected chi connectivity index (χ0v) is 29.3. The van der Waals surface area contributed by atoms with Gasteiger partial charge in [0.15, 0.2) is 5.82 Å². The van der Waals surface area contributed by atoms with Crippen molar-refractivity contribution in [2.75, 3.05) is 26.2 Å². The molecule has 8 nitrogen and oxygen atoms in total. The van der Waals surface area contributed by atoms with E-state index in [-0.39, 0.29) is 13.1 Å². The molecule has 2 atom stereocenters. The molecule has 2 unspecified atom stereocenters. The smallest absolute Gasteiger partial charge is 0.338 e. The van der Waals surface area contributed by atoms with Gasteiger partial charge in [0, 0.05) is 31.2 Å². The number of para-hydroxylation sites is 2. The Morgan fingerprint density at radius 3 is 2.31 bits per heavy atom. The van der Waals surface area contributed by atoms with Crippen molar-refractivity contribution in [3.05, 3.63) is 95.1 Å². The molecule has 4 aromatic rings. The van der Waals surface area contributed by atoms with Crippen LogP contribution in [0.25, 0.3) is 11.0 Å².